The minimum Gasteiger partial charge on any atom is -0.481 e. The predicted octanol–water partition coefficient (Wildman–Crippen LogP) is 1.40. The third kappa shape index (κ3) is 3.77. The Hall–Kier alpha value is -1.95. The Morgan fingerprint density at radius 2 is 2.20 bits per heavy atom. The standard InChI is InChI=1S/C14H15F2NO3/c15-10-2-4-13(12(16)6-10)20-8-14(19)17-11-3-1-9(5-11)7-18/h1-4,6,9,11,18H,5,7-8H2,(H,17,19)/t9-,11+/m0/s1. The number of nitrogens with one attached hydrogen (secondary N) is 1. The van der Waals surface area contributed by atoms with Crippen LogP contribution in [0.2, 0.25) is 0 Å². The van der Waals surface area contributed by atoms with Crippen molar-refractivity contribution in [1.82, 2.24) is 5.32 Å². The topological polar surface area (TPSA) is 58.6 Å². The lowest BCUT2D eigenvalue weighted by molar-refractivity contribution is -0.123. The number of aliphatic hydroxyl groups excluding tert-OH is 1. The highest BCUT2D eigenvalue weighted by Crippen LogP contribution is 2.18. The van der Waals surface area contributed by atoms with Crippen molar-refractivity contribution in [3.8, 4) is 5.75 Å². The summed E-state index contributed by atoms with van der Waals surface area (Å²) in [7, 11) is 0. The monoisotopic (exact) mass is 283 g/mol. The summed E-state index contributed by atoms with van der Waals surface area (Å²) in [5.41, 5.74) is 0. The molecule has 0 unspecified atom stereocenters. The number of halogens is 2. The molecule has 0 radical (unpaired) electrons. The van der Waals surface area contributed by atoms with E-state index in [-0.39, 0.29) is 30.9 Å². The molecule has 0 bridgehead atoms. The van der Waals surface area contributed by atoms with Gasteiger partial charge >= 0.3 is 0 Å². The van der Waals surface area contributed by atoms with Crippen LogP contribution in [0.25, 0.3) is 0 Å². The summed E-state index contributed by atoms with van der Waals surface area (Å²) in [5.74, 6) is -2.07. The van der Waals surface area contributed by atoms with Gasteiger partial charge in [-0.05, 0) is 18.6 Å². The first kappa shape index (κ1) is 14.5. The quantitative estimate of drug-likeness (QED) is 0.803. The highest BCUT2D eigenvalue weighted by Gasteiger charge is 2.20. The van der Waals surface area contributed by atoms with Gasteiger partial charge in [0, 0.05) is 24.6 Å². The zero-order valence-corrected chi connectivity index (χ0v) is 10.7. The van der Waals surface area contributed by atoms with E-state index in [1.807, 2.05) is 6.08 Å². The first-order valence-corrected chi connectivity index (χ1v) is 6.25. The average Bonchev–Trinajstić information content (AvgIpc) is 2.85. The molecule has 2 atom stereocenters. The summed E-state index contributed by atoms with van der Waals surface area (Å²) in [6.07, 6.45) is 4.27. The number of carbonyl (C=O) groups is 1. The van der Waals surface area contributed by atoms with Crippen molar-refractivity contribution in [3.63, 3.8) is 0 Å². The van der Waals surface area contributed by atoms with Crippen molar-refractivity contribution >= 4 is 5.91 Å². The molecule has 1 aromatic rings. The van der Waals surface area contributed by atoms with Crippen molar-refractivity contribution in [1.29, 1.82) is 0 Å². The molecule has 0 saturated carbocycles. The summed E-state index contributed by atoms with van der Waals surface area (Å²) in [4.78, 5) is 11.6. The van der Waals surface area contributed by atoms with E-state index >= 15 is 0 Å². The third-order valence-electron chi connectivity index (χ3n) is 3.01. The Morgan fingerprint density at radius 3 is 2.85 bits per heavy atom. The van der Waals surface area contributed by atoms with Crippen LogP contribution in [0.3, 0.4) is 0 Å². The molecular formula is C14H15F2NO3. The molecule has 2 N–H and O–H groups in total. The van der Waals surface area contributed by atoms with Gasteiger partial charge < -0.3 is 15.2 Å². The third-order valence-corrected chi connectivity index (χ3v) is 3.01. The lowest BCUT2D eigenvalue weighted by Crippen LogP contribution is -2.36. The molecule has 6 heteroatoms. The van der Waals surface area contributed by atoms with Crippen molar-refractivity contribution in [3.05, 3.63) is 42.0 Å². The lowest BCUT2D eigenvalue weighted by atomic mass is 10.1. The number of amides is 1. The van der Waals surface area contributed by atoms with Gasteiger partial charge in [0.25, 0.3) is 5.91 Å². The zero-order chi connectivity index (χ0) is 14.5. The maximum atomic E-state index is 13.3. The fraction of sp³-hybridized carbons (Fsp3) is 0.357. The molecule has 0 spiro atoms. The largest absolute Gasteiger partial charge is 0.481 e. The van der Waals surface area contributed by atoms with E-state index in [0.29, 0.717) is 12.5 Å². The molecule has 2 rings (SSSR count). The van der Waals surface area contributed by atoms with E-state index < -0.39 is 17.5 Å². The minimum atomic E-state index is -0.848. The molecule has 108 valence electrons. The van der Waals surface area contributed by atoms with Gasteiger partial charge in [-0.2, -0.15) is 0 Å². The van der Waals surface area contributed by atoms with Gasteiger partial charge in [0.1, 0.15) is 5.82 Å². The predicted molar refractivity (Wildman–Crippen MR) is 68.1 cm³/mol. The van der Waals surface area contributed by atoms with E-state index in [1.54, 1.807) is 6.08 Å². The van der Waals surface area contributed by atoms with Crippen LogP contribution in [0.1, 0.15) is 6.42 Å². The second-order valence-corrected chi connectivity index (χ2v) is 4.60. The van der Waals surface area contributed by atoms with Crippen molar-refractivity contribution < 1.29 is 23.4 Å². The Balaban J connectivity index is 1.79. The molecule has 0 saturated heterocycles. The molecule has 20 heavy (non-hydrogen) atoms. The maximum absolute atomic E-state index is 13.3. The highest BCUT2D eigenvalue weighted by molar-refractivity contribution is 5.78. The molecule has 4 nitrogen and oxygen atoms in total. The SMILES string of the molecule is O=C(COc1ccc(F)cc1F)N[C@@H]1C=C[C@H](CO)C1. The molecule has 1 amide bonds. The maximum Gasteiger partial charge on any atom is 0.258 e. The lowest BCUT2D eigenvalue weighted by Gasteiger charge is -2.13. The van der Waals surface area contributed by atoms with Crippen LogP contribution in [0, 0.1) is 17.6 Å². The average molecular weight is 283 g/mol. The number of hydrogen-bond acceptors (Lipinski definition) is 3. The molecular weight excluding hydrogens is 268 g/mol. The van der Waals surface area contributed by atoms with Crippen LogP contribution < -0.4 is 10.1 Å². The number of benzene rings is 1. The second kappa shape index (κ2) is 6.47. The molecule has 1 aliphatic rings. The van der Waals surface area contributed by atoms with Gasteiger partial charge in [-0.1, -0.05) is 12.2 Å². The van der Waals surface area contributed by atoms with Crippen molar-refractivity contribution in [2.24, 2.45) is 5.92 Å². The molecule has 1 aromatic carbocycles. The Bertz CT molecular complexity index is 519. The Morgan fingerprint density at radius 1 is 1.40 bits per heavy atom. The number of rotatable bonds is 5. The Labute approximate surface area is 115 Å². The van der Waals surface area contributed by atoms with E-state index in [0.717, 1.165) is 12.1 Å². The van der Waals surface area contributed by atoms with Crippen molar-refractivity contribution in [2.45, 2.75) is 12.5 Å². The van der Waals surface area contributed by atoms with Gasteiger partial charge in [0.05, 0.1) is 0 Å². The van der Waals surface area contributed by atoms with Gasteiger partial charge in [-0.15, -0.1) is 0 Å². The number of ether oxygens (including phenoxy) is 1. The summed E-state index contributed by atoms with van der Waals surface area (Å²) < 4.78 is 30.9. The summed E-state index contributed by atoms with van der Waals surface area (Å²) in [6.45, 7) is -0.309. The molecule has 0 heterocycles. The number of aliphatic hydroxyl groups is 1. The van der Waals surface area contributed by atoms with E-state index in [9.17, 15) is 13.6 Å². The van der Waals surface area contributed by atoms with Gasteiger partial charge in [-0.3, -0.25) is 4.79 Å². The summed E-state index contributed by atoms with van der Waals surface area (Å²) in [5, 5.41) is 11.6. The number of carbonyl (C=O) groups excluding carboxylic acids is 1. The van der Waals surface area contributed by atoms with Crippen LogP contribution in [-0.2, 0) is 4.79 Å². The molecule has 0 fully saturated rings. The first-order valence-electron chi connectivity index (χ1n) is 6.25. The zero-order valence-electron chi connectivity index (χ0n) is 10.7. The fourth-order valence-corrected chi connectivity index (χ4v) is 2.00. The van der Waals surface area contributed by atoms with Crippen LogP contribution in [0.5, 0.6) is 5.75 Å². The minimum absolute atomic E-state index is 0.0418. The van der Waals surface area contributed by atoms with Crippen LogP contribution >= 0.6 is 0 Å². The first-order chi connectivity index (χ1) is 9.58. The van der Waals surface area contributed by atoms with E-state index in [2.05, 4.69) is 5.32 Å². The summed E-state index contributed by atoms with van der Waals surface area (Å²) in [6, 6.07) is 2.73. The molecule has 0 aliphatic heterocycles. The molecule has 1 aliphatic carbocycles. The summed E-state index contributed by atoms with van der Waals surface area (Å²) >= 11 is 0. The van der Waals surface area contributed by atoms with Gasteiger partial charge in [0.15, 0.2) is 18.2 Å². The Kier molecular flexibility index (Phi) is 4.68. The van der Waals surface area contributed by atoms with E-state index in [4.69, 9.17) is 9.84 Å². The number of hydrogen-bond donors (Lipinski definition) is 2. The fourth-order valence-electron chi connectivity index (χ4n) is 2.00. The van der Waals surface area contributed by atoms with Gasteiger partial charge in [-0.25, -0.2) is 8.78 Å². The van der Waals surface area contributed by atoms with Gasteiger partial charge in [0.2, 0.25) is 0 Å². The van der Waals surface area contributed by atoms with Crippen LogP contribution in [-0.4, -0.2) is 30.3 Å². The van der Waals surface area contributed by atoms with Crippen LogP contribution in [0.4, 0.5) is 8.78 Å². The van der Waals surface area contributed by atoms with E-state index in [1.165, 1.54) is 0 Å². The van der Waals surface area contributed by atoms with Crippen LogP contribution in [0.15, 0.2) is 30.4 Å². The smallest absolute Gasteiger partial charge is 0.258 e. The highest BCUT2D eigenvalue weighted by atomic mass is 19.1. The second-order valence-electron chi connectivity index (χ2n) is 4.60. The van der Waals surface area contributed by atoms with Crippen molar-refractivity contribution in [2.75, 3.05) is 13.2 Å². The molecule has 0 aromatic heterocycles. The normalized spacial score (nSPS) is 20.9.